The van der Waals surface area contributed by atoms with E-state index in [4.69, 9.17) is 4.84 Å². The van der Waals surface area contributed by atoms with Gasteiger partial charge in [0.05, 0.1) is 19.3 Å². The quantitative estimate of drug-likeness (QED) is 0.728. The summed E-state index contributed by atoms with van der Waals surface area (Å²) in [5.74, 6) is 0.471. The molecule has 0 unspecified atom stereocenters. The van der Waals surface area contributed by atoms with E-state index in [2.05, 4.69) is 20.4 Å². The number of aromatic nitrogens is 4. The standard InChI is InChI=1S/C16H16N6O2/c1-24-22(10-13-6-3-2-4-7-13)16(23)20-14-8-5-9-18-15(14)21-12-17-11-19-21/h2-9,11-12H,10H2,1H3,(H,20,23). The molecule has 0 saturated heterocycles. The number of urea groups is 1. The number of hydrogen-bond donors (Lipinski definition) is 1. The van der Waals surface area contributed by atoms with Crippen LogP contribution in [0.1, 0.15) is 5.56 Å². The van der Waals surface area contributed by atoms with Crippen molar-refractivity contribution in [1.82, 2.24) is 24.8 Å². The molecule has 8 nitrogen and oxygen atoms in total. The Morgan fingerprint density at radius 2 is 2.08 bits per heavy atom. The number of nitrogens with one attached hydrogen (secondary N) is 1. The summed E-state index contributed by atoms with van der Waals surface area (Å²) in [5, 5.41) is 8.04. The highest BCUT2D eigenvalue weighted by Gasteiger charge is 2.16. The van der Waals surface area contributed by atoms with E-state index < -0.39 is 6.03 Å². The van der Waals surface area contributed by atoms with Gasteiger partial charge in [-0.15, -0.1) is 0 Å². The van der Waals surface area contributed by atoms with Crippen molar-refractivity contribution in [3.8, 4) is 5.82 Å². The summed E-state index contributed by atoms with van der Waals surface area (Å²) in [7, 11) is 1.45. The van der Waals surface area contributed by atoms with E-state index in [0.29, 0.717) is 18.1 Å². The topological polar surface area (TPSA) is 85.2 Å². The number of pyridine rings is 1. The maximum atomic E-state index is 12.5. The Hall–Kier alpha value is -3.26. The number of benzene rings is 1. The SMILES string of the molecule is CON(Cc1ccccc1)C(=O)Nc1cccnc1-n1cncn1. The van der Waals surface area contributed by atoms with Crippen LogP contribution in [0.4, 0.5) is 10.5 Å². The molecule has 0 atom stereocenters. The number of carbonyl (C=O) groups is 1. The van der Waals surface area contributed by atoms with Gasteiger partial charge in [0.15, 0.2) is 5.82 Å². The van der Waals surface area contributed by atoms with Crippen LogP contribution in [0.3, 0.4) is 0 Å². The molecule has 0 aliphatic rings. The summed E-state index contributed by atoms with van der Waals surface area (Å²) < 4.78 is 1.48. The van der Waals surface area contributed by atoms with Crippen LogP contribution in [-0.4, -0.2) is 38.0 Å². The second kappa shape index (κ2) is 7.34. The van der Waals surface area contributed by atoms with Crippen LogP contribution < -0.4 is 5.32 Å². The number of hydroxylamine groups is 2. The largest absolute Gasteiger partial charge is 0.346 e. The Balaban J connectivity index is 1.77. The van der Waals surface area contributed by atoms with Gasteiger partial charge in [0.25, 0.3) is 0 Å². The number of amides is 2. The predicted octanol–water partition coefficient (Wildman–Crippen LogP) is 2.26. The lowest BCUT2D eigenvalue weighted by Gasteiger charge is -2.20. The smallest absolute Gasteiger partial charge is 0.303 e. The van der Waals surface area contributed by atoms with Crippen LogP contribution in [0.25, 0.3) is 5.82 Å². The zero-order valence-electron chi connectivity index (χ0n) is 13.0. The van der Waals surface area contributed by atoms with Gasteiger partial charge in [-0.3, -0.25) is 4.84 Å². The highest BCUT2D eigenvalue weighted by Crippen LogP contribution is 2.17. The Bertz CT molecular complexity index is 791. The molecular formula is C16H16N6O2. The molecule has 0 spiro atoms. The maximum Gasteiger partial charge on any atom is 0.346 e. The van der Waals surface area contributed by atoms with Gasteiger partial charge in [0.2, 0.25) is 0 Å². The summed E-state index contributed by atoms with van der Waals surface area (Å²) in [6, 6.07) is 12.6. The van der Waals surface area contributed by atoms with Crippen LogP contribution in [0.15, 0.2) is 61.3 Å². The molecule has 24 heavy (non-hydrogen) atoms. The molecule has 0 fully saturated rings. The van der Waals surface area contributed by atoms with Crippen LogP contribution >= 0.6 is 0 Å². The molecule has 0 saturated carbocycles. The summed E-state index contributed by atoms with van der Waals surface area (Å²) in [5.41, 5.74) is 1.46. The van der Waals surface area contributed by atoms with Crippen molar-refractivity contribution in [1.29, 1.82) is 0 Å². The van der Waals surface area contributed by atoms with Gasteiger partial charge in [-0.1, -0.05) is 30.3 Å². The molecule has 0 aliphatic heterocycles. The van der Waals surface area contributed by atoms with Gasteiger partial charge in [0, 0.05) is 6.20 Å². The van der Waals surface area contributed by atoms with Crippen molar-refractivity contribution in [2.75, 3.05) is 12.4 Å². The molecular weight excluding hydrogens is 308 g/mol. The summed E-state index contributed by atoms with van der Waals surface area (Å²) in [6.45, 7) is 0.322. The van der Waals surface area contributed by atoms with Crippen molar-refractivity contribution in [3.05, 3.63) is 66.9 Å². The summed E-state index contributed by atoms with van der Waals surface area (Å²) in [6.07, 6.45) is 4.53. The molecule has 2 amide bonds. The lowest BCUT2D eigenvalue weighted by molar-refractivity contribution is -0.0886. The average Bonchev–Trinajstić information content (AvgIpc) is 3.15. The van der Waals surface area contributed by atoms with E-state index in [0.717, 1.165) is 5.56 Å². The molecule has 3 aromatic rings. The van der Waals surface area contributed by atoms with E-state index in [1.54, 1.807) is 18.3 Å². The second-order valence-electron chi connectivity index (χ2n) is 4.85. The fourth-order valence-electron chi connectivity index (χ4n) is 2.14. The molecule has 0 radical (unpaired) electrons. The van der Waals surface area contributed by atoms with E-state index in [9.17, 15) is 4.79 Å². The van der Waals surface area contributed by atoms with E-state index in [-0.39, 0.29) is 0 Å². The minimum Gasteiger partial charge on any atom is -0.303 e. The van der Waals surface area contributed by atoms with Crippen LogP contribution in [0.2, 0.25) is 0 Å². The third kappa shape index (κ3) is 3.55. The van der Waals surface area contributed by atoms with Crippen LogP contribution in [-0.2, 0) is 11.4 Å². The van der Waals surface area contributed by atoms with E-state index >= 15 is 0 Å². The average molecular weight is 324 g/mol. The molecule has 0 bridgehead atoms. The fraction of sp³-hybridized carbons (Fsp3) is 0.125. The molecule has 2 heterocycles. The minimum atomic E-state index is -0.407. The Morgan fingerprint density at radius 1 is 1.25 bits per heavy atom. The molecule has 3 rings (SSSR count). The number of anilines is 1. The molecule has 8 heteroatoms. The van der Waals surface area contributed by atoms with Crippen molar-refractivity contribution in [2.45, 2.75) is 6.54 Å². The molecule has 1 aromatic carbocycles. The normalized spacial score (nSPS) is 10.4. The van der Waals surface area contributed by atoms with Crippen molar-refractivity contribution in [2.24, 2.45) is 0 Å². The minimum absolute atomic E-state index is 0.322. The Labute approximate surface area is 138 Å². The lowest BCUT2D eigenvalue weighted by atomic mass is 10.2. The first kappa shape index (κ1) is 15.6. The predicted molar refractivity (Wildman–Crippen MR) is 87.2 cm³/mol. The number of hydrogen-bond acceptors (Lipinski definition) is 5. The van der Waals surface area contributed by atoms with Gasteiger partial charge in [-0.05, 0) is 17.7 Å². The highest BCUT2D eigenvalue weighted by atomic mass is 16.7. The third-order valence-electron chi connectivity index (χ3n) is 3.28. The third-order valence-corrected chi connectivity index (χ3v) is 3.28. The van der Waals surface area contributed by atoms with Gasteiger partial charge in [-0.2, -0.15) is 10.2 Å². The highest BCUT2D eigenvalue weighted by molar-refractivity contribution is 5.90. The monoisotopic (exact) mass is 324 g/mol. The Kier molecular flexibility index (Phi) is 4.78. The van der Waals surface area contributed by atoms with Crippen LogP contribution in [0, 0.1) is 0 Å². The van der Waals surface area contributed by atoms with E-state index in [1.807, 2.05) is 30.3 Å². The van der Waals surface area contributed by atoms with E-state index in [1.165, 1.54) is 29.5 Å². The first-order valence-electron chi connectivity index (χ1n) is 7.24. The van der Waals surface area contributed by atoms with Gasteiger partial charge < -0.3 is 5.32 Å². The van der Waals surface area contributed by atoms with Crippen LogP contribution in [0.5, 0.6) is 0 Å². The van der Waals surface area contributed by atoms with Crippen molar-refractivity contribution >= 4 is 11.7 Å². The van der Waals surface area contributed by atoms with Gasteiger partial charge in [0.1, 0.15) is 12.7 Å². The summed E-state index contributed by atoms with van der Waals surface area (Å²) >= 11 is 0. The molecule has 122 valence electrons. The molecule has 2 aromatic heterocycles. The number of nitrogens with zero attached hydrogens (tertiary/aromatic N) is 5. The summed E-state index contributed by atoms with van der Waals surface area (Å²) in [4.78, 5) is 25.8. The van der Waals surface area contributed by atoms with Gasteiger partial charge in [-0.25, -0.2) is 19.4 Å². The fourth-order valence-corrected chi connectivity index (χ4v) is 2.14. The van der Waals surface area contributed by atoms with Crippen molar-refractivity contribution < 1.29 is 9.63 Å². The second-order valence-corrected chi connectivity index (χ2v) is 4.85. The first-order chi connectivity index (χ1) is 11.8. The molecule has 1 N–H and O–H groups in total. The van der Waals surface area contributed by atoms with Gasteiger partial charge >= 0.3 is 6.03 Å². The Morgan fingerprint density at radius 3 is 2.79 bits per heavy atom. The lowest BCUT2D eigenvalue weighted by Crippen LogP contribution is -2.34. The zero-order valence-corrected chi connectivity index (χ0v) is 13.0. The maximum absolute atomic E-state index is 12.5. The number of carbonyl (C=O) groups excluding carboxylic acids is 1. The first-order valence-corrected chi connectivity index (χ1v) is 7.24. The zero-order chi connectivity index (χ0) is 16.8. The molecule has 0 aliphatic carbocycles. The van der Waals surface area contributed by atoms with Crippen molar-refractivity contribution in [3.63, 3.8) is 0 Å². The number of rotatable bonds is 5.